The smallest absolute Gasteiger partial charge is 0.184 e. The minimum atomic E-state index is 0.571. The van der Waals surface area contributed by atoms with E-state index in [1.54, 1.807) is 0 Å². The number of nitrogens with zero attached hydrogens (tertiary/aromatic N) is 1. The molecule has 0 aliphatic carbocycles. The third-order valence-corrected chi connectivity index (χ3v) is 2.79. The lowest BCUT2D eigenvalue weighted by Crippen LogP contribution is -2.02. The molecule has 0 bridgehead atoms. The van der Waals surface area contributed by atoms with Crippen LogP contribution in [-0.2, 0) is 0 Å². The lowest BCUT2D eigenvalue weighted by Gasteiger charge is -1.98. The molecule has 1 aromatic rings. The summed E-state index contributed by atoms with van der Waals surface area (Å²) < 4.78 is 0. The quantitative estimate of drug-likeness (QED) is 0.770. The molecule has 11 heavy (non-hydrogen) atoms. The van der Waals surface area contributed by atoms with Crippen molar-refractivity contribution in [2.45, 2.75) is 0 Å². The van der Waals surface area contributed by atoms with E-state index in [-0.39, 0.29) is 0 Å². The lowest BCUT2D eigenvalue weighted by molar-refractivity contribution is 1.21. The van der Waals surface area contributed by atoms with E-state index in [1.165, 1.54) is 11.3 Å². The molecule has 0 fully saturated rings. The second kappa shape index (κ2) is 4.85. The second-order valence-corrected chi connectivity index (χ2v) is 4.13. The zero-order valence-electron chi connectivity index (χ0n) is 6.13. The Morgan fingerprint density at radius 1 is 1.82 bits per heavy atom. The van der Waals surface area contributed by atoms with Crippen LogP contribution in [0.15, 0.2) is 5.38 Å². The first kappa shape index (κ1) is 9.16. The number of nitrogens with one attached hydrogen (secondary N) is 1. The van der Waals surface area contributed by atoms with E-state index in [9.17, 15) is 0 Å². The first-order valence-electron chi connectivity index (χ1n) is 3.17. The molecule has 0 unspecified atom stereocenters. The van der Waals surface area contributed by atoms with E-state index < -0.39 is 0 Å². The van der Waals surface area contributed by atoms with Gasteiger partial charge in [0.25, 0.3) is 0 Å². The normalized spacial score (nSPS) is 10.0. The molecule has 0 aliphatic heterocycles. The van der Waals surface area contributed by atoms with Gasteiger partial charge in [0.15, 0.2) is 5.13 Å². The van der Waals surface area contributed by atoms with Crippen molar-refractivity contribution in [3.8, 4) is 0 Å². The van der Waals surface area contributed by atoms with Crippen molar-refractivity contribution in [2.75, 3.05) is 23.9 Å². The molecule has 0 saturated carbocycles. The Morgan fingerprint density at radius 3 is 3.18 bits per heavy atom. The Hall–Kier alpha value is 0.0700. The Morgan fingerprint density at radius 2 is 2.64 bits per heavy atom. The van der Waals surface area contributed by atoms with Crippen LogP contribution in [-0.4, -0.2) is 23.5 Å². The zero-order chi connectivity index (χ0) is 8.10. The van der Waals surface area contributed by atoms with Crippen LogP contribution in [0.4, 0.5) is 5.13 Å². The second-order valence-electron chi connectivity index (χ2n) is 1.89. The summed E-state index contributed by atoms with van der Waals surface area (Å²) in [4.78, 5) is 4.05. The van der Waals surface area contributed by atoms with Crippen LogP contribution in [0.5, 0.6) is 0 Å². The van der Waals surface area contributed by atoms with E-state index in [1.807, 2.05) is 17.1 Å². The molecule has 0 atom stereocenters. The van der Waals surface area contributed by atoms with E-state index in [0.717, 1.165) is 17.4 Å². The van der Waals surface area contributed by atoms with Crippen molar-refractivity contribution in [1.29, 1.82) is 0 Å². The van der Waals surface area contributed by atoms with Crippen LogP contribution in [0.25, 0.3) is 0 Å². The van der Waals surface area contributed by atoms with E-state index in [4.69, 9.17) is 11.6 Å². The Labute approximate surface area is 79.4 Å². The van der Waals surface area contributed by atoms with Gasteiger partial charge in [0, 0.05) is 17.7 Å². The fourth-order valence-corrected chi connectivity index (χ4v) is 1.77. The van der Waals surface area contributed by atoms with Crippen LogP contribution in [0.2, 0.25) is 5.15 Å². The van der Waals surface area contributed by atoms with Crippen molar-refractivity contribution in [3.05, 3.63) is 10.5 Å². The van der Waals surface area contributed by atoms with Crippen LogP contribution < -0.4 is 5.32 Å². The molecule has 1 N–H and O–H groups in total. The molecule has 62 valence electrons. The highest BCUT2D eigenvalue weighted by molar-refractivity contribution is 7.98. The van der Waals surface area contributed by atoms with Crippen molar-refractivity contribution in [2.24, 2.45) is 0 Å². The van der Waals surface area contributed by atoms with Crippen molar-refractivity contribution in [3.63, 3.8) is 0 Å². The van der Waals surface area contributed by atoms with Gasteiger partial charge in [-0.05, 0) is 6.26 Å². The number of hydrogen-bond acceptors (Lipinski definition) is 4. The molecular weight excluding hydrogens is 200 g/mol. The molecule has 1 heterocycles. The molecule has 0 aliphatic rings. The number of halogens is 1. The van der Waals surface area contributed by atoms with E-state index in [2.05, 4.69) is 16.6 Å². The maximum atomic E-state index is 5.63. The molecule has 0 radical (unpaired) electrons. The van der Waals surface area contributed by atoms with Gasteiger partial charge in [0.2, 0.25) is 0 Å². The zero-order valence-corrected chi connectivity index (χ0v) is 8.52. The van der Waals surface area contributed by atoms with Gasteiger partial charge in [-0.2, -0.15) is 11.8 Å². The highest BCUT2D eigenvalue weighted by Gasteiger charge is 1.96. The Bertz CT molecular complexity index is 214. The first-order chi connectivity index (χ1) is 5.33. The molecular formula is C6H9ClN2S2. The van der Waals surface area contributed by atoms with Crippen LogP contribution in [0.3, 0.4) is 0 Å². The molecule has 5 heteroatoms. The van der Waals surface area contributed by atoms with Gasteiger partial charge >= 0.3 is 0 Å². The Balaban J connectivity index is 2.27. The van der Waals surface area contributed by atoms with Crippen molar-refractivity contribution >= 4 is 39.8 Å². The number of rotatable bonds is 4. The SMILES string of the molecule is CSCCNc1nc(Cl)cs1. The summed E-state index contributed by atoms with van der Waals surface area (Å²) in [6.07, 6.45) is 2.08. The summed E-state index contributed by atoms with van der Waals surface area (Å²) >= 11 is 8.97. The summed E-state index contributed by atoms with van der Waals surface area (Å²) in [5, 5.41) is 6.47. The van der Waals surface area contributed by atoms with Gasteiger partial charge in [0.05, 0.1) is 0 Å². The number of hydrogen-bond donors (Lipinski definition) is 1. The molecule has 0 saturated heterocycles. The number of anilines is 1. The average molecular weight is 209 g/mol. The highest BCUT2D eigenvalue weighted by atomic mass is 35.5. The summed E-state index contributed by atoms with van der Waals surface area (Å²) in [7, 11) is 0. The van der Waals surface area contributed by atoms with Gasteiger partial charge in [-0.15, -0.1) is 11.3 Å². The third-order valence-electron chi connectivity index (χ3n) is 1.06. The van der Waals surface area contributed by atoms with Gasteiger partial charge in [0.1, 0.15) is 5.15 Å². The third kappa shape index (κ3) is 3.31. The van der Waals surface area contributed by atoms with Crippen LogP contribution >= 0.6 is 34.7 Å². The van der Waals surface area contributed by atoms with Crippen molar-refractivity contribution < 1.29 is 0 Å². The molecule has 0 spiro atoms. The maximum Gasteiger partial charge on any atom is 0.184 e. The molecule has 0 amide bonds. The average Bonchev–Trinajstić information content (AvgIpc) is 2.37. The fraction of sp³-hybridized carbons (Fsp3) is 0.500. The van der Waals surface area contributed by atoms with Crippen molar-refractivity contribution in [1.82, 2.24) is 4.98 Å². The minimum Gasteiger partial charge on any atom is -0.361 e. The van der Waals surface area contributed by atoms with Crippen LogP contribution in [0.1, 0.15) is 0 Å². The predicted molar refractivity (Wildman–Crippen MR) is 54.0 cm³/mol. The minimum absolute atomic E-state index is 0.571. The number of thioether (sulfide) groups is 1. The summed E-state index contributed by atoms with van der Waals surface area (Å²) in [6.45, 7) is 0.949. The largest absolute Gasteiger partial charge is 0.361 e. The summed E-state index contributed by atoms with van der Waals surface area (Å²) in [5.41, 5.74) is 0. The van der Waals surface area contributed by atoms with Gasteiger partial charge in [-0.25, -0.2) is 4.98 Å². The fourth-order valence-electron chi connectivity index (χ4n) is 0.595. The maximum absolute atomic E-state index is 5.63. The molecule has 2 nitrogen and oxygen atoms in total. The topological polar surface area (TPSA) is 24.9 Å². The highest BCUT2D eigenvalue weighted by Crippen LogP contribution is 2.18. The molecule has 1 aromatic heterocycles. The molecule has 1 rings (SSSR count). The van der Waals surface area contributed by atoms with Gasteiger partial charge < -0.3 is 5.32 Å². The number of thiazole rings is 1. The van der Waals surface area contributed by atoms with E-state index >= 15 is 0 Å². The Kier molecular flexibility index (Phi) is 4.04. The molecule has 0 aromatic carbocycles. The summed E-state index contributed by atoms with van der Waals surface area (Å²) in [6, 6.07) is 0. The standard InChI is InChI=1S/C6H9ClN2S2/c1-10-3-2-8-6-9-5(7)4-11-6/h4H,2-3H2,1H3,(H,8,9). The first-order valence-corrected chi connectivity index (χ1v) is 5.82. The van der Waals surface area contributed by atoms with Gasteiger partial charge in [-0.1, -0.05) is 11.6 Å². The monoisotopic (exact) mass is 208 g/mol. The lowest BCUT2D eigenvalue weighted by atomic mass is 10.7. The van der Waals surface area contributed by atoms with E-state index in [0.29, 0.717) is 5.15 Å². The predicted octanol–water partition coefficient (Wildman–Crippen LogP) is 2.57. The van der Waals surface area contributed by atoms with Crippen LogP contribution in [0, 0.1) is 0 Å². The number of aromatic nitrogens is 1. The summed E-state index contributed by atoms with van der Waals surface area (Å²) in [5.74, 6) is 1.09. The van der Waals surface area contributed by atoms with Gasteiger partial charge in [-0.3, -0.25) is 0 Å².